The van der Waals surface area contributed by atoms with Gasteiger partial charge in [-0.05, 0) is 111 Å². The molecule has 0 aliphatic rings. The highest BCUT2D eigenvalue weighted by Crippen LogP contribution is 2.46. The van der Waals surface area contributed by atoms with Crippen molar-refractivity contribution in [1.82, 2.24) is 0 Å². The molecule has 0 unspecified atom stereocenters. The normalized spacial score (nSPS) is 11.6. The molecule has 232 valence electrons. The van der Waals surface area contributed by atoms with Crippen molar-refractivity contribution < 1.29 is 0 Å². The van der Waals surface area contributed by atoms with Gasteiger partial charge in [0.2, 0.25) is 0 Å². The van der Waals surface area contributed by atoms with Crippen LogP contribution in [0, 0.1) is 0 Å². The Balaban J connectivity index is 1.22. The summed E-state index contributed by atoms with van der Waals surface area (Å²) >= 11 is 0. The smallest absolute Gasteiger partial charge is 0.00261 e. The van der Waals surface area contributed by atoms with Crippen LogP contribution < -0.4 is 0 Å². The molecule has 0 aliphatic heterocycles. The van der Waals surface area contributed by atoms with E-state index in [4.69, 9.17) is 0 Å². The highest BCUT2D eigenvalue weighted by Gasteiger charge is 2.18. The van der Waals surface area contributed by atoms with Crippen molar-refractivity contribution in [2.75, 3.05) is 0 Å². The standard InChI is InChI=1S/C50H32/c1-3-15-33(16-4-1)37-29-30-42(39-20-8-7-19-38(37)39)48-31-35-27-28-36(32-47(35)40-21-9-10-22-41(40)48)50-45-25-13-11-23-43(45)49(34-17-5-2-6-18-34)44-24-12-14-26-46(44)50/h1-32H. The molecule has 10 rings (SSSR count). The Morgan fingerprint density at radius 3 is 1.20 bits per heavy atom. The first-order valence-electron chi connectivity index (χ1n) is 17.4. The van der Waals surface area contributed by atoms with Gasteiger partial charge >= 0.3 is 0 Å². The van der Waals surface area contributed by atoms with Crippen LogP contribution >= 0.6 is 0 Å². The fraction of sp³-hybridized carbons (Fsp3) is 0. The molecule has 0 heterocycles. The summed E-state index contributed by atoms with van der Waals surface area (Å²) in [5, 5.41) is 12.7. The van der Waals surface area contributed by atoms with Crippen LogP contribution in [0.3, 0.4) is 0 Å². The third kappa shape index (κ3) is 4.46. The molecule has 0 amide bonds. The van der Waals surface area contributed by atoms with E-state index in [2.05, 4.69) is 194 Å². The summed E-state index contributed by atoms with van der Waals surface area (Å²) < 4.78 is 0. The largest absolute Gasteiger partial charge is 0.0622 e. The minimum Gasteiger partial charge on any atom is -0.0622 e. The summed E-state index contributed by atoms with van der Waals surface area (Å²) in [4.78, 5) is 0. The molecule has 0 fully saturated rings. The third-order valence-corrected chi connectivity index (χ3v) is 10.4. The summed E-state index contributed by atoms with van der Waals surface area (Å²) in [5.74, 6) is 0. The average Bonchev–Trinajstić information content (AvgIpc) is 3.19. The van der Waals surface area contributed by atoms with Gasteiger partial charge in [0.15, 0.2) is 0 Å². The van der Waals surface area contributed by atoms with Crippen molar-refractivity contribution in [2.45, 2.75) is 0 Å². The maximum absolute atomic E-state index is 2.43. The van der Waals surface area contributed by atoms with E-state index in [1.165, 1.54) is 98.4 Å². The first-order chi connectivity index (χ1) is 24.8. The van der Waals surface area contributed by atoms with Crippen LogP contribution in [0.15, 0.2) is 194 Å². The summed E-state index contributed by atoms with van der Waals surface area (Å²) in [7, 11) is 0. The summed E-state index contributed by atoms with van der Waals surface area (Å²) in [6, 6.07) is 71.2. The molecular formula is C50H32. The molecule has 0 heteroatoms. The number of benzene rings is 10. The van der Waals surface area contributed by atoms with Crippen LogP contribution in [0.2, 0.25) is 0 Å². The molecule has 0 bridgehead atoms. The van der Waals surface area contributed by atoms with Gasteiger partial charge in [0.25, 0.3) is 0 Å². The second-order valence-corrected chi connectivity index (χ2v) is 13.2. The molecule has 0 aliphatic carbocycles. The lowest BCUT2D eigenvalue weighted by atomic mass is 9.84. The molecule has 10 aromatic carbocycles. The van der Waals surface area contributed by atoms with E-state index in [1.54, 1.807) is 0 Å². The van der Waals surface area contributed by atoms with Crippen LogP contribution in [-0.2, 0) is 0 Å². The first-order valence-corrected chi connectivity index (χ1v) is 17.4. The van der Waals surface area contributed by atoms with E-state index < -0.39 is 0 Å². The van der Waals surface area contributed by atoms with Crippen LogP contribution in [0.1, 0.15) is 0 Å². The summed E-state index contributed by atoms with van der Waals surface area (Å²) in [6.45, 7) is 0. The number of hydrogen-bond donors (Lipinski definition) is 0. The van der Waals surface area contributed by atoms with E-state index >= 15 is 0 Å². The molecule has 0 radical (unpaired) electrons. The lowest BCUT2D eigenvalue weighted by Crippen LogP contribution is -1.91. The lowest BCUT2D eigenvalue weighted by molar-refractivity contribution is 1.64. The highest BCUT2D eigenvalue weighted by molar-refractivity contribution is 6.23. The monoisotopic (exact) mass is 632 g/mol. The van der Waals surface area contributed by atoms with Crippen molar-refractivity contribution in [3.8, 4) is 44.5 Å². The Bertz CT molecular complexity index is 2840. The summed E-state index contributed by atoms with van der Waals surface area (Å²) in [6.07, 6.45) is 0. The second-order valence-electron chi connectivity index (χ2n) is 13.2. The molecule has 0 N–H and O–H groups in total. The lowest BCUT2D eigenvalue weighted by Gasteiger charge is -2.19. The molecular weight excluding hydrogens is 601 g/mol. The molecule has 0 spiro atoms. The van der Waals surface area contributed by atoms with E-state index in [0.29, 0.717) is 0 Å². The Morgan fingerprint density at radius 1 is 0.200 bits per heavy atom. The predicted octanol–water partition coefficient (Wildman–Crippen LogP) is 14.1. The maximum Gasteiger partial charge on any atom is -0.00261 e. The van der Waals surface area contributed by atoms with E-state index in [1.807, 2.05) is 0 Å². The van der Waals surface area contributed by atoms with E-state index in [-0.39, 0.29) is 0 Å². The van der Waals surface area contributed by atoms with Crippen molar-refractivity contribution in [2.24, 2.45) is 0 Å². The molecule has 10 aromatic rings. The first kappa shape index (κ1) is 28.5. The zero-order valence-electron chi connectivity index (χ0n) is 27.5. The minimum atomic E-state index is 1.24. The topological polar surface area (TPSA) is 0 Å². The Kier molecular flexibility index (Phi) is 6.60. The fourth-order valence-corrected chi connectivity index (χ4v) is 8.24. The van der Waals surface area contributed by atoms with Crippen molar-refractivity contribution in [3.05, 3.63) is 194 Å². The van der Waals surface area contributed by atoms with Gasteiger partial charge in [0.05, 0.1) is 0 Å². The third-order valence-electron chi connectivity index (χ3n) is 10.4. The number of fused-ring (bicyclic) bond motifs is 6. The molecule has 0 saturated carbocycles. The van der Waals surface area contributed by atoms with Crippen molar-refractivity contribution in [3.63, 3.8) is 0 Å². The SMILES string of the molecule is c1ccc(-c2ccc(-c3cc4ccc(-c5c6ccccc6c(-c6ccccc6)c6ccccc56)cc4c4ccccc34)c3ccccc23)cc1. The predicted molar refractivity (Wildman–Crippen MR) is 216 cm³/mol. The molecule has 0 nitrogen and oxygen atoms in total. The molecule has 0 saturated heterocycles. The zero-order valence-corrected chi connectivity index (χ0v) is 27.5. The molecule has 0 atom stereocenters. The van der Waals surface area contributed by atoms with Crippen LogP contribution in [0.25, 0.3) is 98.4 Å². The van der Waals surface area contributed by atoms with Crippen LogP contribution in [0.5, 0.6) is 0 Å². The van der Waals surface area contributed by atoms with Crippen molar-refractivity contribution in [1.29, 1.82) is 0 Å². The number of hydrogen-bond acceptors (Lipinski definition) is 0. The van der Waals surface area contributed by atoms with Gasteiger partial charge < -0.3 is 0 Å². The molecule has 0 aromatic heterocycles. The van der Waals surface area contributed by atoms with E-state index in [9.17, 15) is 0 Å². The van der Waals surface area contributed by atoms with Gasteiger partial charge in [-0.3, -0.25) is 0 Å². The number of rotatable bonds is 4. The van der Waals surface area contributed by atoms with Gasteiger partial charge in [-0.1, -0.05) is 182 Å². The van der Waals surface area contributed by atoms with Crippen LogP contribution in [-0.4, -0.2) is 0 Å². The van der Waals surface area contributed by atoms with Crippen molar-refractivity contribution >= 4 is 53.9 Å². The van der Waals surface area contributed by atoms with E-state index in [0.717, 1.165) is 0 Å². The minimum absolute atomic E-state index is 1.24. The Labute approximate surface area is 291 Å². The Hall–Kier alpha value is -6.50. The van der Waals surface area contributed by atoms with Gasteiger partial charge in [-0.25, -0.2) is 0 Å². The summed E-state index contributed by atoms with van der Waals surface area (Å²) in [5.41, 5.74) is 10.1. The Morgan fingerprint density at radius 2 is 0.620 bits per heavy atom. The van der Waals surface area contributed by atoms with Crippen LogP contribution in [0.4, 0.5) is 0 Å². The average molecular weight is 633 g/mol. The van der Waals surface area contributed by atoms with Gasteiger partial charge in [0, 0.05) is 0 Å². The fourth-order valence-electron chi connectivity index (χ4n) is 8.24. The van der Waals surface area contributed by atoms with Gasteiger partial charge in [-0.15, -0.1) is 0 Å². The quantitative estimate of drug-likeness (QED) is 0.134. The zero-order chi connectivity index (χ0) is 33.0. The second kappa shape index (κ2) is 11.6. The van der Waals surface area contributed by atoms with Gasteiger partial charge in [0.1, 0.15) is 0 Å². The van der Waals surface area contributed by atoms with Gasteiger partial charge in [-0.2, -0.15) is 0 Å². The highest BCUT2D eigenvalue weighted by atomic mass is 14.2. The molecule has 50 heavy (non-hydrogen) atoms. The maximum atomic E-state index is 2.43.